The summed E-state index contributed by atoms with van der Waals surface area (Å²) < 4.78 is 5.33. The van der Waals surface area contributed by atoms with Crippen molar-refractivity contribution in [2.75, 3.05) is 19.8 Å². The Hall–Kier alpha value is -1.73. The normalized spacial score (nSPS) is 20.3. The maximum absolute atomic E-state index is 6.01. The van der Waals surface area contributed by atoms with Crippen LogP contribution in [0.5, 0.6) is 0 Å². The minimum atomic E-state index is 0.497. The number of nitrogens with zero attached hydrogens (tertiary/aromatic N) is 3. The molecule has 8 heteroatoms. The average Bonchev–Trinajstić information content (AvgIpc) is 3.30. The first-order valence-corrected chi connectivity index (χ1v) is 10.4. The summed E-state index contributed by atoms with van der Waals surface area (Å²) in [6, 6.07) is 7.92. The summed E-state index contributed by atoms with van der Waals surface area (Å²) in [5.74, 6) is 1.97. The molecule has 1 heterocycles. The van der Waals surface area contributed by atoms with Crippen LogP contribution in [0, 0.1) is 0 Å². The summed E-state index contributed by atoms with van der Waals surface area (Å²) in [5, 5.41) is 12.3. The first kappa shape index (κ1) is 19.0. The van der Waals surface area contributed by atoms with E-state index < -0.39 is 0 Å². The van der Waals surface area contributed by atoms with Gasteiger partial charge in [0.2, 0.25) is 11.7 Å². The van der Waals surface area contributed by atoms with Crippen LogP contribution in [0.25, 0.3) is 11.4 Å². The third-order valence-corrected chi connectivity index (χ3v) is 5.79. The van der Waals surface area contributed by atoms with E-state index in [0.29, 0.717) is 35.7 Å². The zero-order valence-corrected chi connectivity index (χ0v) is 16.6. The molecule has 2 unspecified atom stereocenters. The van der Waals surface area contributed by atoms with Gasteiger partial charge in [-0.05, 0) is 37.7 Å². The lowest BCUT2D eigenvalue weighted by Crippen LogP contribution is -2.43. The van der Waals surface area contributed by atoms with Crippen molar-refractivity contribution in [1.82, 2.24) is 20.8 Å². The summed E-state index contributed by atoms with van der Waals surface area (Å²) >= 11 is 7.96. The van der Waals surface area contributed by atoms with E-state index in [9.17, 15) is 0 Å². The molecule has 1 aliphatic rings. The Bertz CT molecular complexity index is 751. The van der Waals surface area contributed by atoms with Crippen LogP contribution in [-0.4, -0.2) is 47.2 Å². The van der Waals surface area contributed by atoms with Gasteiger partial charge in [-0.15, -0.1) is 0 Å². The number of hydrogen-bond donors (Lipinski definition) is 2. The van der Waals surface area contributed by atoms with Gasteiger partial charge in [0, 0.05) is 41.9 Å². The van der Waals surface area contributed by atoms with Crippen molar-refractivity contribution < 1.29 is 4.52 Å². The fraction of sp³-hybridized carbons (Fsp3) is 0.500. The number of rotatable bonds is 6. The minimum Gasteiger partial charge on any atom is -0.356 e. The Kier molecular flexibility index (Phi) is 6.80. The molecule has 3 rings (SSSR count). The highest BCUT2D eigenvalue weighted by atomic mass is 35.5. The molecule has 2 aromatic rings. The molecule has 1 saturated carbocycles. The lowest BCUT2D eigenvalue weighted by molar-refractivity contribution is 0.378. The van der Waals surface area contributed by atoms with Crippen LogP contribution in [-0.2, 0) is 6.42 Å². The third-order valence-electron chi connectivity index (χ3n) is 4.46. The molecule has 26 heavy (non-hydrogen) atoms. The molecule has 0 aliphatic heterocycles. The van der Waals surface area contributed by atoms with Crippen LogP contribution in [0.4, 0.5) is 0 Å². The van der Waals surface area contributed by atoms with Crippen molar-refractivity contribution >= 4 is 29.3 Å². The quantitative estimate of drug-likeness (QED) is 0.578. The molecular formula is C18H24ClN5OS. The maximum atomic E-state index is 6.01. The topological polar surface area (TPSA) is 75.3 Å². The van der Waals surface area contributed by atoms with E-state index in [1.165, 1.54) is 19.3 Å². The summed E-state index contributed by atoms with van der Waals surface area (Å²) in [6.45, 7) is 0.676. The standard InChI is InChI=1S/C18H24ClN5OS/c1-20-18(22-14-6-7-15(11-14)26-2)21-9-8-16-23-17(24-25-16)12-4-3-5-13(19)10-12/h3-5,10,14-15H,6-9,11H2,1-2H3,(H2,20,21,22). The van der Waals surface area contributed by atoms with Crippen molar-refractivity contribution in [3.8, 4) is 11.4 Å². The smallest absolute Gasteiger partial charge is 0.228 e. The first-order valence-electron chi connectivity index (χ1n) is 8.76. The van der Waals surface area contributed by atoms with Crippen molar-refractivity contribution in [3.63, 3.8) is 0 Å². The van der Waals surface area contributed by atoms with Gasteiger partial charge in [0.05, 0.1) is 0 Å². The van der Waals surface area contributed by atoms with Crippen LogP contribution in [0.3, 0.4) is 0 Å². The van der Waals surface area contributed by atoms with Gasteiger partial charge in [-0.25, -0.2) is 0 Å². The second-order valence-electron chi connectivity index (χ2n) is 6.28. The molecule has 0 spiro atoms. The Morgan fingerprint density at radius 3 is 3.04 bits per heavy atom. The van der Waals surface area contributed by atoms with E-state index in [4.69, 9.17) is 16.1 Å². The molecule has 0 bridgehead atoms. The van der Waals surface area contributed by atoms with Crippen LogP contribution in [0.1, 0.15) is 25.2 Å². The third kappa shape index (κ3) is 5.14. The molecule has 0 radical (unpaired) electrons. The molecule has 0 saturated heterocycles. The van der Waals surface area contributed by atoms with Crippen molar-refractivity contribution in [1.29, 1.82) is 0 Å². The predicted molar refractivity (Wildman–Crippen MR) is 108 cm³/mol. The molecule has 2 N–H and O–H groups in total. The van der Waals surface area contributed by atoms with Gasteiger partial charge in [0.1, 0.15) is 0 Å². The highest BCUT2D eigenvalue weighted by Gasteiger charge is 2.24. The molecule has 6 nitrogen and oxygen atoms in total. The number of halogens is 1. The zero-order valence-electron chi connectivity index (χ0n) is 15.0. The van der Waals surface area contributed by atoms with Gasteiger partial charge in [-0.3, -0.25) is 4.99 Å². The second-order valence-corrected chi connectivity index (χ2v) is 7.86. The molecule has 0 amide bonds. The van der Waals surface area contributed by atoms with Crippen LogP contribution in [0.15, 0.2) is 33.8 Å². The molecule has 1 fully saturated rings. The van der Waals surface area contributed by atoms with Crippen LogP contribution in [0.2, 0.25) is 5.02 Å². The van der Waals surface area contributed by atoms with Gasteiger partial charge in [-0.1, -0.05) is 28.9 Å². The van der Waals surface area contributed by atoms with Gasteiger partial charge in [0.25, 0.3) is 0 Å². The fourth-order valence-electron chi connectivity index (χ4n) is 3.06. The molecular weight excluding hydrogens is 370 g/mol. The molecule has 1 aromatic heterocycles. The highest BCUT2D eigenvalue weighted by Crippen LogP contribution is 2.28. The van der Waals surface area contributed by atoms with Crippen molar-refractivity contribution in [2.45, 2.75) is 37.0 Å². The molecule has 140 valence electrons. The summed E-state index contributed by atoms with van der Waals surface area (Å²) in [5.41, 5.74) is 0.850. The number of aliphatic imine (C=N–C) groups is 1. The van der Waals surface area contributed by atoms with E-state index in [-0.39, 0.29) is 0 Å². The number of guanidine groups is 1. The maximum Gasteiger partial charge on any atom is 0.228 e. The van der Waals surface area contributed by atoms with Gasteiger partial charge < -0.3 is 15.2 Å². The number of hydrogen-bond acceptors (Lipinski definition) is 5. The molecule has 1 aromatic carbocycles. The largest absolute Gasteiger partial charge is 0.356 e. The minimum absolute atomic E-state index is 0.497. The predicted octanol–water partition coefficient (Wildman–Crippen LogP) is 3.38. The van der Waals surface area contributed by atoms with Gasteiger partial charge >= 0.3 is 0 Å². The van der Waals surface area contributed by atoms with Gasteiger partial charge in [-0.2, -0.15) is 16.7 Å². The van der Waals surface area contributed by atoms with E-state index in [0.717, 1.165) is 16.8 Å². The lowest BCUT2D eigenvalue weighted by Gasteiger charge is -2.16. The number of aromatic nitrogens is 2. The van der Waals surface area contributed by atoms with Crippen molar-refractivity contribution in [3.05, 3.63) is 35.2 Å². The Balaban J connectivity index is 1.47. The SMILES string of the molecule is CN=C(NCCc1nc(-c2cccc(Cl)c2)no1)NC1CCC(SC)C1. The summed E-state index contributed by atoms with van der Waals surface area (Å²) in [6.07, 6.45) is 6.46. The molecule has 1 aliphatic carbocycles. The van der Waals surface area contributed by atoms with Gasteiger partial charge in [0.15, 0.2) is 5.96 Å². The first-order chi connectivity index (χ1) is 12.7. The monoisotopic (exact) mass is 393 g/mol. The molecule has 2 atom stereocenters. The van der Waals surface area contributed by atoms with Crippen molar-refractivity contribution in [2.24, 2.45) is 4.99 Å². The van der Waals surface area contributed by atoms with Crippen LogP contribution < -0.4 is 10.6 Å². The van der Waals surface area contributed by atoms with Crippen LogP contribution >= 0.6 is 23.4 Å². The van der Waals surface area contributed by atoms with E-state index in [2.05, 4.69) is 32.0 Å². The second kappa shape index (κ2) is 9.28. The Morgan fingerprint density at radius 2 is 2.31 bits per heavy atom. The van der Waals surface area contributed by atoms with E-state index in [1.807, 2.05) is 36.0 Å². The Morgan fingerprint density at radius 1 is 1.42 bits per heavy atom. The van der Waals surface area contributed by atoms with E-state index >= 15 is 0 Å². The number of nitrogens with one attached hydrogen (secondary N) is 2. The number of thioether (sulfide) groups is 1. The number of benzene rings is 1. The fourth-order valence-corrected chi connectivity index (χ4v) is 4.05. The zero-order chi connectivity index (χ0) is 18.4. The summed E-state index contributed by atoms with van der Waals surface area (Å²) in [7, 11) is 1.79. The Labute approximate surface area is 163 Å². The lowest BCUT2D eigenvalue weighted by atomic mass is 10.2. The summed E-state index contributed by atoms with van der Waals surface area (Å²) in [4.78, 5) is 8.73. The highest BCUT2D eigenvalue weighted by molar-refractivity contribution is 7.99. The average molecular weight is 394 g/mol. The van der Waals surface area contributed by atoms with E-state index in [1.54, 1.807) is 7.05 Å².